The number of rotatable bonds is 5. The van der Waals surface area contributed by atoms with Crippen molar-refractivity contribution in [1.29, 1.82) is 0 Å². The summed E-state index contributed by atoms with van der Waals surface area (Å²) in [5.41, 5.74) is 1.23. The van der Waals surface area contributed by atoms with Gasteiger partial charge in [0.25, 0.3) is 0 Å². The van der Waals surface area contributed by atoms with Crippen molar-refractivity contribution in [3.63, 3.8) is 0 Å². The summed E-state index contributed by atoms with van der Waals surface area (Å²) < 4.78 is 11.6. The number of hydrogen-bond acceptors (Lipinski definition) is 3. The standard InChI is InChI=1S/C15H23NO2/c1-3-5-14-10-16-11-15(18-14)12-6-8-13(9-7-12)17-4-2/h6-9,14-16H,3-5,10-11H2,1-2H3. The summed E-state index contributed by atoms with van der Waals surface area (Å²) in [5, 5.41) is 3.45. The van der Waals surface area contributed by atoms with Crippen LogP contribution in [0.2, 0.25) is 0 Å². The first-order chi connectivity index (χ1) is 8.83. The Morgan fingerprint density at radius 1 is 1.22 bits per heavy atom. The van der Waals surface area contributed by atoms with Crippen molar-refractivity contribution >= 4 is 0 Å². The van der Waals surface area contributed by atoms with Crippen molar-refractivity contribution in [1.82, 2.24) is 5.32 Å². The molecule has 1 aliphatic rings. The average molecular weight is 249 g/mol. The van der Waals surface area contributed by atoms with Gasteiger partial charge >= 0.3 is 0 Å². The van der Waals surface area contributed by atoms with Gasteiger partial charge < -0.3 is 14.8 Å². The van der Waals surface area contributed by atoms with Crippen molar-refractivity contribution in [3.8, 4) is 5.75 Å². The molecule has 100 valence electrons. The minimum Gasteiger partial charge on any atom is -0.494 e. The van der Waals surface area contributed by atoms with Crippen LogP contribution >= 0.6 is 0 Å². The molecule has 0 radical (unpaired) electrons. The Bertz CT molecular complexity index is 348. The molecule has 1 saturated heterocycles. The normalized spacial score (nSPS) is 23.9. The lowest BCUT2D eigenvalue weighted by molar-refractivity contribution is -0.0425. The summed E-state index contributed by atoms with van der Waals surface area (Å²) in [7, 11) is 0. The van der Waals surface area contributed by atoms with E-state index in [9.17, 15) is 0 Å². The van der Waals surface area contributed by atoms with E-state index in [1.807, 2.05) is 19.1 Å². The van der Waals surface area contributed by atoms with E-state index in [2.05, 4.69) is 24.4 Å². The number of ether oxygens (including phenoxy) is 2. The molecule has 1 aliphatic heterocycles. The molecule has 1 heterocycles. The Hall–Kier alpha value is -1.06. The third-order valence-corrected chi connectivity index (χ3v) is 3.23. The number of morpholine rings is 1. The third kappa shape index (κ3) is 3.47. The molecule has 1 fully saturated rings. The Morgan fingerprint density at radius 2 is 2.00 bits per heavy atom. The average Bonchev–Trinajstić information content (AvgIpc) is 2.41. The van der Waals surface area contributed by atoms with Crippen LogP contribution in [-0.4, -0.2) is 25.8 Å². The van der Waals surface area contributed by atoms with E-state index in [1.54, 1.807) is 0 Å². The first-order valence-corrected chi connectivity index (χ1v) is 6.92. The van der Waals surface area contributed by atoms with Crippen LogP contribution in [0.1, 0.15) is 38.4 Å². The van der Waals surface area contributed by atoms with Gasteiger partial charge in [0, 0.05) is 13.1 Å². The van der Waals surface area contributed by atoms with Crippen LogP contribution in [0.25, 0.3) is 0 Å². The molecule has 2 atom stereocenters. The first kappa shape index (κ1) is 13.4. The molecule has 2 unspecified atom stereocenters. The van der Waals surface area contributed by atoms with E-state index in [0.717, 1.165) is 25.3 Å². The molecule has 0 amide bonds. The highest BCUT2D eigenvalue weighted by Gasteiger charge is 2.22. The number of nitrogens with one attached hydrogen (secondary N) is 1. The van der Waals surface area contributed by atoms with Crippen LogP contribution in [0.3, 0.4) is 0 Å². The predicted molar refractivity (Wildman–Crippen MR) is 73.0 cm³/mol. The SMILES string of the molecule is CCCC1CNCC(c2ccc(OCC)cc2)O1. The second-order valence-electron chi connectivity index (χ2n) is 4.70. The van der Waals surface area contributed by atoms with Gasteiger partial charge in [0.15, 0.2) is 0 Å². The fourth-order valence-corrected chi connectivity index (χ4v) is 2.34. The second kappa shape index (κ2) is 6.76. The van der Waals surface area contributed by atoms with Crippen molar-refractivity contribution < 1.29 is 9.47 Å². The Kier molecular flexibility index (Phi) is 5.02. The van der Waals surface area contributed by atoms with Crippen LogP contribution in [0.15, 0.2) is 24.3 Å². The van der Waals surface area contributed by atoms with E-state index < -0.39 is 0 Å². The molecule has 0 aliphatic carbocycles. The van der Waals surface area contributed by atoms with Gasteiger partial charge in [0.05, 0.1) is 18.8 Å². The molecular formula is C15H23NO2. The van der Waals surface area contributed by atoms with Crippen molar-refractivity contribution in [2.24, 2.45) is 0 Å². The van der Waals surface area contributed by atoms with Crippen LogP contribution in [0.4, 0.5) is 0 Å². The van der Waals surface area contributed by atoms with Crippen molar-refractivity contribution in [2.45, 2.75) is 38.9 Å². The van der Waals surface area contributed by atoms with Gasteiger partial charge in [0.1, 0.15) is 5.75 Å². The smallest absolute Gasteiger partial charge is 0.119 e. The Balaban J connectivity index is 1.97. The molecule has 18 heavy (non-hydrogen) atoms. The summed E-state index contributed by atoms with van der Waals surface area (Å²) in [6, 6.07) is 8.24. The summed E-state index contributed by atoms with van der Waals surface area (Å²) >= 11 is 0. The van der Waals surface area contributed by atoms with E-state index >= 15 is 0 Å². The molecule has 0 saturated carbocycles. The lowest BCUT2D eigenvalue weighted by Crippen LogP contribution is -2.40. The zero-order valence-electron chi connectivity index (χ0n) is 11.3. The molecule has 1 N–H and O–H groups in total. The van der Waals surface area contributed by atoms with Crippen LogP contribution < -0.4 is 10.1 Å². The fourth-order valence-electron chi connectivity index (χ4n) is 2.34. The summed E-state index contributed by atoms with van der Waals surface area (Å²) in [6.45, 7) is 6.77. The third-order valence-electron chi connectivity index (χ3n) is 3.23. The minimum atomic E-state index is 0.172. The lowest BCUT2D eigenvalue weighted by Gasteiger charge is -2.31. The maximum atomic E-state index is 6.11. The maximum absolute atomic E-state index is 6.11. The van der Waals surface area contributed by atoms with Gasteiger partial charge in [-0.1, -0.05) is 25.5 Å². The predicted octanol–water partition coefficient (Wildman–Crippen LogP) is 2.91. The molecular weight excluding hydrogens is 226 g/mol. The quantitative estimate of drug-likeness (QED) is 0.870. The molecule has 0 bridgehead atoms. The van der Waals surface area contributed by atoms with E-state index in [-0.39, 0.29) is 6.10 Å². The second-order valence-corrected chi connectivity index (χ2v) is 4.70. The van der Waals surface area contributed by atoms with Crippen molar-refractivity contribution in [2.75, 3.05) is 19.7 Å². The highest BCUT2D eigenvalue weighted by molar-refractivity contribution is 5.29. The highest BCUT2D eigenvalue weighted by Crippen LogP contribution is 2.24. The molecule has 2 rings (SSSR count). The van der Waals surface area contributed by atoms with Gasteiger partial charge in [0.2, 0.25) is 0 Å². The van der Waals surface area contributed by atoms with Crippen LogP contribution in [0.5, 0.6) is 5.75 Å². The maximum Gasteiger partial charge on any atom is 0.119 e. The molecule has 3 nitrogen and oxygen atoms in total. The fraction of sp³-hybridized carbons (Fsp3) is 0.600. The molecule has 1 aromatic carbocycles. The lowest BCUT2D eigenvalue weighted by atomic mass is 10.1. The number of hydrogen-bond donors (Lipinski definition) is 1. The molecule has 1 aromatic rings. The van der Waals surface area contributed by atoms with E-state index in [1.165, 1.54) is 12.0 Å². The zero-order valence-corrected chi connectivity index (χ0v) is 11.3. The van der Waals surface area contributed by atoms with Crippen LogP contribution in [-0.2, 0) is 4.74 Å². The largest absolute Gasteiger partial charge is 0.494 e. The van der Waals surface area contributed by atoms with Crippen molar-refractivity contribution in [3.05, 3.63) is 29.8 Å². The van der Waals surface area contributed by atoms with Gasteiger partial charge in [-0.2, -0.15) is 0 Å². The molecule has 0 spiro atoms. The first-order valence-electron chi connectivity index (χ1n) is 6.92. The Labute approximate surface area is 109 Å². The summed E-state index contributed by atoms with van der Waals surface area (Å²) in [4.78, 5) is 0. The van der Waals surface area contributed by atoms with Gasteiger partial charge in [-0.15, -0.1) is 0 Å². The topological polar surface area (TPSA) is 30.5 Å². The van der Waals surface area contributed by atoms with Crippen LogP contribution in [0, 0.1) is 0 Å². The molecule has 3 heteroatoms. The highest BCUT2D eigenvalue weighted by atomic mass is 16.5. The summed E-state index contributed by atoms with van der Waals surface area (Å²) in [5.74, 6) is 0.926. The van der Waals surface area contributed by atoms with E-state index in [4.69, 9.17) is 9.47 Å². The van der Waals surface area contributed by atoms with Gasteiger partial charge in [-0.3, -0.25) is 0 Å². The van der Waals surface area contributed by atoms with Gasteiger partial charge in [-0.25, -0.2) is 0 Å². The number of benzene rings is 1. The Morgan fingerprint density at radius 3 is 2.67 bits per heavy atom. The van der Waals surface area contributed by atoms with Gasteiger partial charge in [-0.05, 0) is 31.0 Å². The summed E-state index contributed by atoms with van der Waals surface area (Å²) in [6.07, 6.45) is 2.81. The molecule has 0 aromatic heterocycles. The monoisotopic (exact) mass is 249 g/mol. The van der Waals surface area contributed by atoms with E-state index in [0.29, 0.717) is 12.7 Å². The minimum absolute atomic E-state index is 0.172. The zero-order chi connectivity index (χ0) is 12.8.